The minimum atomic E-state index is -3.13. The second-order valence-corrected chi connectivity index (χ2v) is 6.47. The number of nitrogens with zero attached hydrogens (tertiary/aromatic N) is 6. The van der Waals surface area contributed by atoms with Crippen LogP contribution in [-0.2, 0) is 5.92 Å². The lowest BCUT2D eigenvalue weighted by Gasteiger charge is -2.14. The fraction of sp³-hybridized carbons (Fsp3) is 0.375. The van der Waals surface area contributed by atoms with E-state index >= 15 is 0 Å². The summed E-state index contributed by atoms with van der Waals surface area (Å²) in [5.74, 6) is -2.64. The van der Waals surface area contributed by atoms with E-state index in [0.29, 0.717) is 10.7 Å². The molecule has 0 spiro atoms. The van der Waals surface area contributed by atoms with Crippen LogP contribution in [0, 0.1) is 0 Å². The summed E-state index contributed by atoms with van der Waals surface area (Å²) >= 11 is 6.03. The fourth-order valence-electron chi connectivity index (χ4n) is 2.99. The smallest absolute Gasteiger partial charge is 0.303 e. The van der Waals surface area contributed by atoms with Gasteiger partial charge in [0.2, 0.25) is 5.82 Å². The van der Waals surface area contributed by atoms with Gasteiger partial charge in [-0.1, -0.05) is 11.6 Å². The lowest BCUT2D eigenvalue weighted by atomic mass is 10.3. The van der Waals surface area contributed by atoms with Gasteiger partial charge in [0.1, 0.15) is 5.15 Å². The molecule has 4 rings (SSSR count). The van der Waals surface area contributed by atoms with E-state index in [1.807, 2.05) is 0 Å². The summed E-state index contributed by atoms with van der Waals surface area (Å²) in [6, 6.07) is 3.21. The summed E-state index contributed by atoms with van der Waals surface area (Å²) in [5.41, 5.74) is 0.672. The van der Waals surface area contributed by atoms with Gasteiger partial charge in [0, 0.05) is 44.5 Å². The maximum absolute atomic E-state index is 13.6. The average Bonchev–Trinajstić information content (AvgIpc) is 3.21. The third-order valence-electron chi connectivity index (χ3n) is 4.17. The molecule has 0 unspecified atom stereocenters. The molecule has 25 heavy (non-hydrogen) atoms. The molecule has 1 fully saturated rings. The van der Waals surface area contributed by atoms with Crippen LogP contribution in [0.2, 0.25) is 5.15 Å². The Morgan fingerprint density at radius 1 is 1.20 bits per heavy atom. The van der Waals surface area contributed by atoms with E-state index in [1.165, 1.54) is 10.9 Å². The Labute approximate surface area is 147 Å². The third-order valence-corrected chi connectivity index (χ3v) is 4.38. The topological polar surface area (TPSA) is 59.7 Å². The zero-order chi connectivity index (χ0) is 17.6. The van der Waals surface area contributed by atoms with Gasteiger partial charge in [-0.05, 0) is 12.8 Å². The highest BCUT2D eigenvalue weighted by Crippen LogP contribution is 2.31. The van der Waals surface area contributed by atoms with Crippen LogP contribution in [0.5, 0.6) is 0 Å². The van der Waals surface area contributed by atoms with Gasteiger partial charge in [-0.2, -0.15) is 8.78 Å². The van der Waals surface area contributed by atoms with E-state index in [9.17, 15) is 8.78 Å². The molecule has 4 heterocycles. The Morgan fingerprint density at radius 3 is 2.68 bits per heavy atom. The summed E-state index contributed by atoms with van der Waals surface area (Å²) in [7, 11) is 0. The molecule has 3 aromatic heterocycles. The first-order chi connectivity index (χ1) is 11.9. The number of hydrogen-bond donors (Lipinski definition) is 0. The molecule has 6 nitrogen and oxygen atoms in total. The third kappa shape index (κ3) is 2.90. The second kappa shape index (κ2) is 5.87. The first-order valence-corrected chi connectivity index (χ1v) is 8.32. The molecule has 1 aliphatic heterocycles. The summed E-state index contributed by atoms with van der Waals surface area (Å²) in [5, 5.41) is 5.73. The lowest BCUT2D eigenvalue weighted by molar-refractivity contribution is 0.00764. The number of halogens is 3. The Balaban J connectivity index is 1.91. The lowest BCUT2D eigenvalue weighted by Crippen LogP contribution is -2.19. The van der Waals surface area contributed by atoms with Crippen molar-refractivity contribution in [3.05, 3.63) is 35.5 Å². The highest BCUT2D eigenvalue weighted by molar-refractivity contribution is 6.30. The zero-order valence-electron chi connectivity index (χ0n) is 13.5. The van der Waals surface area contributed by atoms with E-state index in [4.69, 9.17) is 11.6 Å². The Hall–Kier alpha value is -2.35. The van der Waals surface area contributed by atoms with E-state index in [2.05, 4.69) is 25.0 Å². The summed E-state index contributed by atoms with van der Waals surface area (Å²) < 4.78 is 28.7. The molecule has 3 aromatic rings. The van der Waals surface area contributed by atoms with E-state index in [1.54, 1.807) is 18.3 Å². The van der Waals surface area contributed by atoms with Crippen molar-refractivity contribution < 1.29 is 8.78 Å². The Morgan fingerprint density at radius 2 is 1.96 bits per heavy atom. The van der Waals surface area contributed by atoms with Crippen LogP contribution < -0.4 is 4.90 Å². The summed E-state index contributed by atoms with van der Waals surface area (Å²) in [6.07, 6.45) is 5.15. The number of pyridine rings is 1. The molecule has 0 atom stereocenters. The predicted octanol–water partition coefficient (Wildman–Crippen LogP) is 3.58. The van der Waals surface area contributed by atoms with Crippen molar-refractivity contribution in [2.24, 2.45) is 0 Å². The summed E-state index contributed by atoms with van der Waals surface area (Å²) in [4.78, 5) is 14.0. The SMILES string of the molecule is CC(F)(F)c1nccc(-n2nc(N3CCCC3)c3cnc(Cl)cc32)n1. The van der Waals surface area contributed by atoms with Crippen LogP contribution in [0.1, 0.15) is 25.6 Å². The van der Waals surface area contributed by atoms with Gasteiger partial charge in [-0.25, -0.2) is 19.6 Å². The molecule has 0 saturated carbocycles. The second-order valence-electron chi connectivity index (χ2n) is 6.08. The molecule has 9 heteroatoms. The molecule has 0 aromatic carbocycles. The molecule has 0 radical (unpaired) electrons. The van der Waals surface area contributed by atoms with Gasteiger partial charge in [-0.3, -0.25) is 0 Å². The maximum atomic E-state index is 13.6. The monoisotopic (exact) mass is 364 g/mol. The van der Waals surface area contributed by atoms with E-state index in [0.717, 1.165) is 44.1 Å². The van der Waals surface area contributed by atoms with Gasteiger partial charge >= 0.3 is 5.92 Å². The molecule has 1 saturated heterocycles. The zero-order valence-corrected chi connectivity index (χ0v) is 14.2. The Kier molecular flexibility index (Phi) is 3.79. The van der Waals surface area contributed by atoms with Crippen molar-refractivity contribution in [2.75, 3.05) is 18.0 Å². The van der Waals surface area contributed by atoms with Crippen LogP contribution in [0.3, 0.4) is 0 Å². The number of aromatic nitrogens is 5. The predicted molar refractivity (Wildman–Crippen MR) is 90.5 cm³/mol. The van der Waals surface area contributed by atoms with E-state index in [-0.39, 0.29) is 5.82 Å². The number of rotatable bonds is 3. The van der Waals surface area contributed by atoms with Crippen molar-refractivity contribution in [1.29, 1.82) is 0 Å². The fourth-order valence-corrected chi connectivity index (χ4v) is 3.14. The van der Waals surface area contributed by atoms with Crippen molar-refractivity contribution in [3.63, 3.8) is 0 Å². The number of alkyl halides is 2. The molecular weight excluding hydrogens is 350 g/mol. The molecule has 0 N–H and O–H groups in total. The largest absolute Gasteiger partial charge is 0.355 e. The van der Waals surface area contributed by atoms with Gasteiger partial charge in [0.25, 0.3) is 0 Å². The van der Waals surface area contributed by atoms with Gasteiger partial charge < -0.3 is 4.90 Å². The molecule has 0 bridgehead atoms. The van der Waals surface area contributed by atoms with Crippen molar-refractivity contribution >= 4 is 28.3 Å². The number of hydrogen-bond acceptors (Lipinski definition) is 5. The quantitative estimate of drug-likeness (QED) is 0.665. The normalized spacial score (nSPS) is 15.3. The van der Waals surface area contributed by atoms with Gasteiger partial charge in [0.15, 0.2) is 11.6 Å². The Bertz CT molecular complexity index is 930. The highest BCUT2D eigenvalue weighted by atomic mass is 35.5. The molecule has 1 aliphatic rings. The molecule has 0 amide bonds. The van der Waals surface area contributed by atoms with Crippen molar-refractivity contribution in [1.82, 2.24) is 24.7 Å². The standard InChI is InChI=1S/C16H15ClF2N6/c1-16(18,19)15-20-5-4-13(22-15)25-11-8-12(17)21-9-10(11)14(23-25)24-6-2-3-7-24/h4-5,8-9H,2-3,6-7H2,1H3. The first kappa shape index (κ1) is 16.1. The van der Waals surface area contributed by atoms with Crippen LogP contribution >= 0.6 is 11.6 Å². The van der Waals surface area contributed by atoms with Gasteiger partial charge in [-0.15, -0.1) is 5.10 Å². The van der Waals surface area contributed by atoms with Crippen molar-refractivity contribution in [2.45, 2.75) is 25.7 Å². The highest BCUT2D eigenvalue weighted by Gasteiger charge is 2.29. The average molecular weight is 365 g/mol. The maximum Gasteiger partial charge on any atom is 0.303 e. The summed E-state index contributed by atoms with van der Waals surface area (Å²) in [6.45, 7) is 2.57. The van der Waals surface area contributed by atoms with Crippen LogP contribution in [-0.4, -0.2) is 37.8 Å². The number of fused-ring (bicyclic) bond motifs is 1. The van der Waals surface area contributed by atoms with E-state index < -0.39 is 11.7 Å². The van der Waals surface area contributed by atoms with Crippen LogP contribution in [0.25, 0.3) is 16.7 Å². The van der Waals surface area contributed by atoms with Crippen LogP contribution in [0.15, 0.2) is 24.5 Å². The number of anilines is 1. The van der Waals surface area contributed by atoms with Crippen LogP contribution in [0.4, 0.5) is 14.6 Å². The molecular formula is C16H15ClF2N6. The van der Waals surface area contributed by atoms with Crippen molar-refractivity contribution in [3.8, 4) is 5.82 Å². The first-order valence-electron chi connectivity index (χ1n) is 7.94. The molecule has 0 aliphatic carbocycles. The van der Waals surface area contributed by atoms with Gasteiger partial charge in [0.05, 0.1) is 10.9 Å². The minimum Gasteiger partial charge on any atom is -0.355 e. The minimum absolute atomic E-state index is 0.268. The molecule has 130 valence electrons.